The number of aryl methyl sites for hydroxylation is 1. The van der Waals surface area contributed by atoms with Crippen molar-refractivity contribution in [2.75, 3.05) is 18.4 Å². The van der Waals surface area contributed by atoms with Crippen LogP contribution in [0, 0.1) is 5.92 Å². The van der Waals surface area contributed by atoms with Gasteiger partial charge in [-0.3, -0.25) is 0 Å². The second-order valence-corrected chi connectivity index (χ2v) is 2.85. The molecule has 12 heavy (non-hydrogen) atoms. The van der Waals surface area contributed by atoms with E-state index in [9.17, 15) is 0 Å². The third-order valence-corrected chi connectivity index (χ3v) is 1.63. The minimum atomic E-state index is 0.432. The molecule has 0 aliphatic heterocycles. The van der Waals surface area contributed by atoms with E-state index in [4.69, 9.17) is 5.73 Å². The van der Waals surface area contributed by atoms with Crippen LogP contribution in [-0.2, 0) is 7.05 Å². The van der Waals surface area contributed by atoms with Crippen LogP contribution in [0.25, 0.3) is 0 Å². The summed E-state index contributed by atoms with van der Waals surface area (Å²) in [5, 5.41) is 14.0. The molecule has 1 rings (SSSR count). The highest BCUT2D eigenvalue weighted by atomic mass is 15.6. The van der Waals surface area contributed by atoms with Gasteiger partial charge in [-0.15, -0.1) is 0 Å². The molecule has 1 aromatic heterocycles. The summed E-state index contributed by atoms with van der Waals surface area (Å²) in [5.74, 6) is 1.11. The Kier molecular flexibility index (Phi) is 2.98. The molecular weight excluding hydrogens is 156 g/mol. The van der Waals surface area contributed by atoms with E-state index in [0.717, 1.165) is 6.54 Å². The smallest absolute Gasteiger partial charge is 0.242 e. The summed E-state index contributed by atoms with van der Waals surface area (Å²) in [7, 11) is 1.79. The molecule has 0 aromatic carbocycles. The van der Waals surface area contributed by atoms with Gasteiger partial charge in [0, 0.05) is 13.6 Å². The Labute approximate surface area is 71.1 Å². The number of hydrogen-bond acceptors (Lipinski definition) is 5. The molecule has 6 nitrogen and oxygen atoms in total. The summed E-state index contributed by atoms with van der Waals surface area (Å²) in [6, 6.07) is 0. The Balaban J connectivity index is 2.38. The summed E-state index contributed by atoms with van der Waals surface area (Å²) in [6.07, 6.45) is 0. The molecule has 0 amide bonds. The van der Waals surface area contributed by atoms with Gasteiger partial charge in [0.2, 0.25) is 5.95 Å². The second-order valence-electron chi connectivity index (χ2n) is 2.85. The maximum Gasteiger partial charge on any atom is 0.242 e. The van der Waals surface area contributed by atoms with E-state index in [2.05, 4.69) is 27.8 Å². The van der Waals surface area contributed by atoms with Gasteiger partial charge in [-0.25, -0.2) is 4.68 Å². The molecule has 0 spiro atoms. The van der Waals surface area contributed by atoms with Crippen molar-refractivity contribution >= 4 is 5.95 Å². The SMILES string of the molecule is CC(CN)CNc1nnnn1C. The van der Waals surface area contributed by atoms with Crippen LogP contribution in [0.5, 0.6) is 0 Å². The van der Waals surface area contributed by atoms with E-state index in [-0.39, 0.29) is 0 Å². The Bertz CT molecular complexity index is 232. The minimum absolute atomic E-state index is 0.432. The van der Waals surface area contributed by atoms with Crippen LogP contribution in [0.1, 0.15) is 6.92 Å². The van der Waals surface area contributed by atoms with E-state index < -0.39 is 0 Å². The maximum absolute atomic E-state index is 5.45. The number of rotatable bonds is 4. The summed E-state index contributed by atoms with van der Waals surface area (Å²) in [4.78, 5) is 0. The average Bonchev–Trinajstić information content (AvgIpc) is 2.47. The Morgan fingerprint density at radius 2 is 2.42 bits per heavy atom. The third-order valence-electron chi connectivity index (χ3n) is 1.63. The molecule has 0 bridgehead atoms. The first-order valence-corrected chi connectivity index (χ1v) is 3.90. The van der Waals surface area contributed by atoms with Crippen molar-refractivity contribution in [2.24, 2.45) is 18.7 Å². The lowest BCUT2D eigenvalue weighted by atomic mass is 10.2. The topological polar surface area (TPSA) is 81.7 Å². The fraction of sp³-hybridized carbons (Fsp3) is 0.833. The Hall–Kier alpha value is -1.17. The predicted octanol–water partition coefficient (Wildman–Crippen LogP) is -0.783. The Morgan fingerprint density at radius 3 is 2.92 bits per heavy atom. The summed E-state index contributed by atoms with van der Waals surface area (Å²) in [5.41, 5.74) is 5.45. The molecule has 6 heteroatoms. The lowest BCUT2D eigenvalue weighted by Crippen LogP contribution is -2.21. The number of hydrogen-bond donors (Lipinski definition) is 2. The molecule has 0 fully saturated rings. The number of nitrogens with zero attached hydrogens (tertiary/aromatic N) is 4. The molecule has 1 unspecified atom stereocenters. The van der Waals surface area contributed by atoms with Gasteiger partial charge in [0.25, 0.3) is 0 Å². The predicted molar refractivity (Wildman–Crippen MR) is 45.5 cm³/mol. The summed E-state index contributed by atoms with van der Waals surface area (Å²) >= 11 is 0. The van der Waals surface area contributed by atoms with Gasteiger partial charge in [-0.2, -0.15) is 0 Å². The number of anilines is 1. The zero-order chi connectivity index (χ0) is 8.97. The summed E-state index contributed by atoms with van der Waals surface area (Å²) < 4.78 is 1.59. The monoisotopic (exact) mass is 170 g/mol. The molecule has 0 radical (unpaired) electrons. The van der Waals surface area contributed by atoms with E-state index in [0.29, 0.717) is 18.4 Å². The van der Waals surface area contributed by atoms with Crippen molar-refractivity contribution in [2.45, 2.75) is 6.92 Å². The first kappa shape index (κ1) is 8.92. The number of aromatic nitrogens is 4. The van der Waals surface area contributed by atoms with Crippen LogP contribution in [-0.4, -0.2) is 33.3 Å². The van der Waals surface area contributed by atoms with Gasteiger partial charge in [0.15, 0.2) is 0 Å². The molecule has 0 aliphatic carbocycles. The van der Waals surface area contributed by atoms with E-state index in [1.54, 1.807) is 11.7 Å². The zero-order valence-electron chi connectivity index (χ0n) is 7.36. The standard InChI is InChI=1S/C6H14N6/c1-5(3-7)4-8-6-9-10-11-12(6)2/h5H,3-4,7H2,1-2H3,(H,8,9,11). The van der Waals surface area contributed by atoms with Crippen molar-refractivity contribution in [1.82, 2.24) is 20.2 Å². The highest BCUT2D eigenvalue weighted by molar-refractivity contribution is 5.20. The van der Waals surface area contributed by atoms with Gasteiger partial charge >= 0.3 is 0 Å². The molecule has 3 N–H and O–H groups in total. The number of nitrogens with one attached hydrogen (secondary N) is 1. The van der Waals surface area contributed by atoms with E-state index in [1.165, 1.54) is 0 Å². The largest absolute Gasteiger partial charge is 0.353 e. The van der Waals surface area contributed by atoms with Crippen molar-refractivity contribution in [3.63, 3.8) is 0 Å². The normalized spacial score (nSPS) is 12.9. The molecule has 0 saturated carbocycles. The lowest BCUT2D eigenvalue weighted by Gasteiger charge is -2.08. The van der Waals surface area contributed by atoms with Crippen LogP contribution in [0.4, 0.5) is 5.95 Å². The highest BCUT2D eigenvalue weighted by Crippen LogP contribution is 1.98. The fourth-order valence-corrected chi connectivity index (χ4v) is 0.728. The molecule has 1 heterocycles. The van der Waals surface area contributed by atoms with Gasteiger partial charge in [0.05, 0.1) is 0 Å². The van der Waals surface area contributed by atoms with Gasteiger partial charge in [-0.05, 0) is 22.9 Å². The van der Waals surface area contributed by atoms with E-state index in [1.807, 2.05) is 0 Å². The molecule has 1 aromatic rings. The van der Waals surface area contributed by atoms with Crippen LogP contribution in [0.15, 0.2) is 0 Å². The van der Waals surface area contributed by atoms with Crippen molar-refractivity contribution in [1.29, 1.82) is 0 Å². The Morgan fingerprint density at radius 1 is 1.67 bits per heavy atom. The van der Waals surface area contributed by atoms with Gasteiger partial charge in [0.1, 0.15) is 0 Å². The van der Waals surface area contributed by atoms with E-state index >= 15 is 0 Å². The van der Waals surface area contributed by atoms with Crippen LogP contribution in [0.2, 0.25) is 0 Å². The second kappa shape index (κ2) is 4.01. The first-order valence-electron chi connectivity index (χ1n) is 3.90. The molecule has 0 aliphatic rings. The quantitative estimate of drug-likeness (QED) is 0.619. The third kappa shape index (κ3) is 2.16. The molecular formula is C6H14N6. The van der Waals surface area contributed by atoms with Crippen LogP contribution < -0.4 is 11.1 Å². The number of tetrazole rings is 1. The molecule has 0 saturated heterocycles. The van der Waals surface area contributed by atoms with Crippen LogP contribution in [0.3, 0.4) is 0 Å². The highest BCUT2D eigenvalue weighted by Gasteiger charge is 2.02. The van der Waals surface area contributed by atoms with Gasteiger partial charge in [-0.1, -0.05) is 12.0 Å². The van der Waals surface area contributed by atoms with Gasteiger partial charge < -0.3 is 11.1 Å². The lowest BCUT2D eigenvalue weighted by molar-refractivity contribution is 0.620. The average molecular weight is 170 g/mol. The maximum atomic E-state index is 5.45. The zero-order valence-corrected chi connectivity index (χ0v) is 7.36. The molecule has 68 valence electrons. The summed E-state index contributed by atoms with van der Waals surface area (Å²) in [6.45, 7) is 3.53. The fourth-order valence-electron chi connectivity index (χ4n) is 0.728. The minimum Gasteiger partial charge on any atom is -0.353 e. The van der Waals surface area contributed by atoms with Crippen LogP contribution >= 0.6 is 0 Å². The van der Waals surface area contributed by atoms with Crippen molar-refractivity contribution in [3.05, 3.63) is 0 Å². The van der Waals surface area contributed by atoms with Crippen molar-refractivity contribution < 1.29 is 0 Å². The number of nitrogens with two attached hydrogens (primary N) is 1. The molecule has 1 atom stereocenters. The van der Waals surface area contributed by atoms with Crippen molar-refractivity contribution in [3.8, 4) is 0 Å². The first-order chi connectivity index (χ1) is 5.74.